The largest absolute Gasteiger partial charge is 0.309 e. The van der Waals surface area contributed by atoms with E-state index in [0.717, 1.165) is 29.9 Å². The number of aromatic nitrogens is 2. The van der Waals surface area contributed by atoms with E-state index in [-0.39, 0.29) is 5.91 Å². The Bertz CT molecular complexity index is 826. The third-order valence-corrected chi connectivity index (χ3v) is 3.85. The first-order valence-electron chi connectivity index (χ1n) is 8.20. The van der Waals surface area contributed by atoms with E-state index in [1.165, 1.54) is 0 Å². The van der Waals surface area contributed by atoms with Gasteiger partial charge in [0, 0.05) is 11.8 Å². The van der Waals surface area contributed by atoms with Crippen LogP contribution in [0.25, 0.3) is 16.9 Å². The van der Waals surface area contributed by atoms with Crippen molar-refractivity contribution in [2.75, 3.05) is 25.5 Å². The molecule has 24 heavy (non-hydrogen) atoms. The first kappa shape index (κ1) is 16.2. The highest BCUT2D eigenvalue weighted by molar-refractivity contribution is 5.95. The minimum Gasteiger partial charge on any atom is -0.309 e. The predicted octanol–water partition coefficient (Wildman–Crippen LogP) is 3.28. The Morgan fingerprint density at radius 2 is 1.92 bits per heavy atom. The molecule has 2 aromatic heterocycles. The summed E-state index contributed by atoms with van der Waals surface area (Å²) in [6.07, 6.45) is 2.94. The van der Waals surface area contributed by atoms with Gasteiger partial charge in [-0.25, -0.2) is 4.98 Å². The quantitative estimate of drug-likeness (QED) is 0.758. The van der Waals surface area contributed by atoms with Crippen molar-refractivity contribution < 1.29 is 4.79 Å². The summed E-state index contributed by atoms with van der Waals surface area (Å²) in [6, 6.07) is 15.7. The van der Waals surface area contributed by atoms with Crippen molar-refractivity contribution in [2.24, 2.45) is 0 Å². The number of benzene rings is 1. The lowest BCUT2D eigenvalue weighted by Crippen LogP contribution is -2.31. The van der Waals surface area contributed by atoms with Crippen LogP contribution in [0.4, 0.5) is 5.82 Å². The van der Waals surface area contributed by atoms with Crippen molar-refractivity contribution in [3.8, 4) is 11.3 Å². The van der Waals surface area contributed by atoms with Gasteiger partial charge in [0.15, 0.2) is 0 Å². The van der Waals surface area contributed by atoms with Crippen LogP contribution in [0.3, 0.4) is 0 Å². The minimum atomic E-state index is -0.0335. The Kier molecular flexibility index (Phi) is 4.91. The fourth-order valence-corrected chi connectivity index (χ4v) is 2.79. The zero-order valence-electron chi connectivity index (χ0n) is 14.1. The molecule has 0 aliphatic carbocycles. The van der Waals surface area contributed by atoms with Gasteiger partial charge in [-0.15, -0.1) is 0 Å². The lowest BCUT2D eigenvalue weighted by atomic mass is 10.1. The van der Waals surface area contributed by atoms with Crippen molar-refractivity contribution in [3.05, 3.63) is 54.7 Å². The third kappa shape index (κ3) is 3.46. The standard InChI is InChI=1S/C19H22N4O/c1-3-12-22(2)14-17(24)21-19-18(15-9-5-4-6-10-15)20-16-11-7-8-13-23(16)19/h4-11,13H,3,12,14H2,1-2H3,(H,21,24). The normalized spacial score (nSPS) is 11.1. The van der Waals surface area contributed by atoms with Crippen LogP contribution in [-0.4, -0.2) is 40.3 Å². The van der Waals surface area contributed by atoms with Gasteiger partial charge in [0.2, 0.25) is 5.91 Å². The van der Waals surface area contributed by atoms with E-state index < -0.39 is 0 Å². The number of hydrogen-bond donors (Lipinski definition) is 1. The van der Waals surface area contributed by atoms with E-state index >= 15 is 0 Å². The molecule has 0 spiro atoms. The van der Waals surface area contributed by atoms with Crippen molar-refractivity contribution in [1.29, 1.82) is 0 Å². The lowest BCUT2D eigenvalue weighted by molar-refractivity contribution is -0.117. The van der Waals surface area contributed by atoms with E-state index in [1.54, 1.807) is 0 Å². The molecule has 0 aliphatic heterocycles. The number of anilines is 1. The molecule has 0 radical (unpaired) electrons. The van der Waals surface area contributed by atoms with Gasteiger partial charge in [0.05, 0.1) is 6.54 Å². The number of fused-ring (bicyclic) bond motifs is 1. The molecule has 0 saturated carbocycles. The summed E-state index contributed by atoms with van der Waals surface area (Å²) in [5, 5.41) is 3.04. The average molecular weight is 322 g/mol. The Balaban J connectivity index is 1.95. The van der Waals surface area contributed by atoms with Crippen molar-refractivity contribution >= 4 is 17.4 Å². The summed E-state index contributed by atoms with van der Waals surface area (Å²) in [7, 11) is 1.95. The zero-order valence-corrected chi connectivity index (χ0v) is 14.1. The summed E-state index contributed by atoms with van der Waals surface area (Å²) >= 11 is 0. The number of imidazole rings is 1. The number of carbonyl (C=O) groups excluding carboxylic acids is 1. The van der Waals surface area contributed by atoms with Crippen molar-refractivity contribution in [1.82, 2.24) is 14.3 Å². The molecule has 0 atom stereocenters. The number of hydrogen-bond acceptors (Lipinski definition) is 3. The fraction of sp³-hybridized carbons (Fsp3) is 0.263. The van der Waals surface area contributed by atoms with Crippen LogP contribution in [0.1, 0.15) is 13.3 Å². The smallest absolute Gasteiger partial charge is 0.239 e. The van der Waals surface area contributed by atoms with E-state index in [2.05, 4.69) is 17.2 Å². The molecule has 0 unspecified atom stereocenters. The summed E-state index contributed by atoms with van der Waals surface area (Å²) in [5.74, 6) is 0.681. The molecule has 0 bridgehead atoms. The Labute approximate surface area is 141 Å². The van der Waals surface area contributed by atoms with Gasteiger partial charge in [0.25, 0.3) is 0 Å². The van der Waals surface area contributed by atoms with Crippen LogP contribution in [-0.2, 0) is 4.79 Å². The molecular formula is C19H22N4O. The minimum absolute atomic E-state index is 0.0335. The first-order valence-corrected chi connectivity index (χ1v) is 8.20. The van der Waals surface area contributed by atoms with Gasteiger partial charge in [-0.1, -0.05) is 43.3 Å². The number of rotatable bonds is 6. The number of nitrogens with one attached hydrogen (secondary N) is 1. The molecule has 124 valence electrons. The molecule has 1 N–H and O–H groups in total. The fourth-order valence-electron chi connectivity index (χ4n) is 2.79. The van der Waals surface area contributed by atoms with Gasteiger partial charge < -0.3 is 5.32 Å². The summed E-state index contributed by atoms with van der Waals surface area (Å²) in [6.45, 7) is 3.36. The van der Waals surface area contributed by atoms with E-state index in [0.29, 0.717) is 12.4 Å². The lowest BCUT2D eigenvalue weighted by Gasteiger charge is -2.15. The van der Waals surface area contributed by atoms with Gasteiger partial charge in [0.1, 0.15) is 17.2 Å². The number of nitrogens with zero attached hydrogens (tertiary/aromatic N) is 3. The topological polar surface area (TPSA) is 49.6 Å². The maximum Gasteiger partial charge on any atom is 0.239 e. The van der Waals surface area contributed by atoms with Crippen LogP contribution < -0.4 is 5.32 Å². The van der Waals surface area contributed by atoms with E-state index in [1.807, 2.05) is 71.1 Å². The SMILES string of the molecule is CCCN(C)CC(=O)Nc1c(-c2ccccc2)nc2ccccn12. The van der Waals surface area contributed by atoms with Crippen LogP contribution in [0.15, 0.2) is 54.7 Å². The molecule has 1 aromatic carbocycles. The molecular weight excluding hydrogens is 300 g/mol. The molecule has 0 fully saturated rings. The monoisotopic (exact) mass is 322 g/mol. The molecule has 3 aromatic rings. The van der Waals surface area contributed by atoms with E-state index in [4.69, 9.17) is 0 Å². The number of carbonyl (C=O) groups is 1. The highest BCUT2D eigenvalue weighted by Crippen LogP contribution is 2.28. The third-order valence-electron chi connectivity index (χ3n) is 3.85. The zero-order chi connectivity index (χ0) is 16.9. The molecule has 3 rings (SSSR count). The highest BCUT2D eigenvalue weighted by Gasteiger charge is 2.16. The summed E-state index contributed by atoms with van der Waals surface area (Å²) in [5.41, 5.74) is 2.58. The highest BCUT2D eigenvalue weighted by atomic mass is 16.2. The first-order chi connectivity index (χ1) is 11.7. The molecule has 0 saturated heterocycles. The van der Waals surface area contributed by atoms with Gasteiger partial charge >= 0.3 is 0 Å². The molecule has 0 aliphatic rings. The van der Waals surface area contributed by atoms with Crippen LogP contribution in [0.2, 0.25) is 0 Å². The van der Waals surface area contributed by atoms with Gasteiger partial charge in [-0.05, 0) is 32.1 Å². The number of amides is 1. The number of likely N-dealkylation sites (N-methyl/N-ethyl adjacent to an activating group) is 1. The van der Waals surface area contributed by atoms with Gasteiger partial charge in [-0.2, -0.15) is 0 Å². The molecule has 1 amide bonds. The molecule has 5 heteroatoms. The molecule has 5 nitrogen and oxygen atoms in total. The van der Waals surface area contributed by atoms with Crippen molar-refractivity contribution in [2.45, 2.75) is 13.3 Å². The maximum atomic E-state index is 12.4. The van der Waals surface area contributed by atoms with Crippen LogP contribution in [0.5, 0.6) is 0 Å². The predicted molar refractivity (Wildman–Crippen MR) is 97.0 cm³/mol. The Morgan fingerprint density at radius 3 is 2.67 bits per heavy atom. The second-order valence-electron chi connectivity index (χ2n) is 5.89. The van der Waals surface area contributed by atoms with Crippen LogP contribution >= 0.6 is 0 Å². The van der Waals surface area contributed by atoms with Crippen LogP contribution in [0, 0.1) is 0 Å². The number of pyridine rings is 1. The second-order valence-corrected chi connectivity index (χ2v) is 5.89. The maximum absolute atomic E-state index is 12.4. The Hall–Kier alpha value is -2.66. The van der Waals surface area contributed by atoms with E-state index in [9.17, 15) is 4.79 Å². The summed E-state index contributed by atoms with van der Waals surface area (Å²) in [4.78, 5) is 19.1. The second kappa shape index (κ2) is 7.27. The average Bonchev–Trinajstić information content (AvgIpc) is 2.94. The molecule has 2 heterocycles. The van der Waals surface area contributed by atoms with Gasteiger partial charge in [-0.3, -0.25) is 14.1 Å². The Morgan fingerprint density at radius 1 is 1.17 bits per heavy atom. The van der Waals surface area contributed by atoms with Crippen molar-refractivity contribution in [3.63, 3.8) is 0 Å². The summed E-state index contributed by atoms with van der Waals surface area (Å²) < 4.78 is 1.92.